The van der Waals surface area contributed by atoms with Crippen molar-refractivity contribution in [1.82, 2.24) is 20.1 Å². The molecule has 2 heterocycles. The van der Waals surface area contributed by atoms with E-state index in [1.54, 1.807) is 0 Å². The number of carbonyl (C=O) groups is 1. The van der Waals surface area contributed by atoms with Crippen LogP contribution in [0.4, 0.5) is 0 Å². The van der Waals surface area contributed by atoms with E-state index in [9.17, 15) is 4.79 Å². The minimum absolute atomic E-state index is 0.0476. The van der Waals surface area contributed by atoms with Crippen LogP contribution in [0.2, 0.25) is 0 Å². The van der Waals surface area contributed by atoms with E-state index < -0.39 is 0 Å². The number of H-pyrrole nitrogens is 1. The Hall–Kier alpha value is -1.43. The predicted molar refractivity (Wildman–Crippen MR) is 66.0 cm³/mol. The Bertz CT molecular complexity index is 431. The summed E-state index contributed by atoms with van der Waals surface area (Å²) in [6.07, 6.45) is 4.29. The van der Waals surface area contributed by atoms with Gasteiger partial charge in [0.2, 0.25) is 5.82 Å². The molecule has 6 nitrogen and oxygen atoms in total. The summed E-state index contributed by atoms with van der Waals surface area (Å²) in [7, 11) is 0. The van der Waals surface area contributed by atoms with Gasteiger partial charge >= 0.3 is 0 Å². The average Bonchev–Trinajstić information content (AvgIpc) is 3.16. The van der Waals surface area contributed by atoms with E-state index in [1.165, 1.54) is 0 Å². The summed E-state index contributed by atoms with van der Waals surface area (Å²) in [6, 6.07) is 0. The van der Waals surface area contributed by atoms with Crippen molar-refractivity contribution >= 4 is 5.91 Å². The van der Waals surface area contributed by atoms with E-state index in [0.29, 0.717) is 24.2 Å². The molecule has 0 unspecified atom stereocenters. The number of amides is 1. The molecule has 3 N–H and O–H groups in total. The van der Waals surface area contributed by atoms with Crippen LogP contribution < -0.4 is 5.73 Å². The summed E-state index contributed by atoms with van der Waals surface area (Å²) < 4.78 is 0. The van der Waals surface area contributed by atoms with Crippen LogP contribution in [0.3, 0.4) is 0 Å². The molecule has 1 aliphatic carbocycles. The van der Waals surface area contributed by atoms with Crippen LogP contribution in [0.5, 0.6) is 0 Å². The second kappa shape index (κ2) is 4.68. The number of hydrogen-bond acceptors (Lipinski definition) is 4. The highest BCUT2D eigenvalue weighted by Gasteiger charge is 2.30. The summed E-state index contributed by atoms with van der Waals surface area (Å²) in [4.78, 5) is 18.3. The molecule has 0 spiro atoms. The van der Waals surface area contributed by atoms with Gasteiger partial charge in [0, 0.05) is 19.0 Å². The van der Waals surface area contributed by atoms with Gasteiger partial charge in [0.1, 0.15) is 5.82 Å². The van der Waals surface area contributed by atoms with Crippen molar-refractivity contribution < 1.29 is 4.79 Å². The van der Waals surface area contributed by atoms with Crippen molar-refractivity contribution in [3.8, 4) is 0 Å². The van der Waals surface area contributed by atoms with Gasteiger partial charge in [-0.2, -0.15) is 0 Å². The average molecular weight is 249 g/mol. The molecule has 0 bridgehead atoms. The molecular formula is C12H19N5O. The Morgan fingerprint density at radius 1 is 1.33 bits per heavy atom. The van der Waals surface area contributed by atoms with Crippen molar-refractivity contribution in [1.29, 1.82) is 0 Å². The molecule has 2 fully saturated rings. The van der Waals surface area contributed by atoms with Crippen molar-refractivity contribution in [2.75, 3.05) is 19.6 Å². The first-order chi connectivity index (χ1) is 8.78. The van der Waals surface area contributed by atoms with E-state index in [4.69, 9.17) is 5.73 Å². The summed E-state index contributed by atoms with van der Waals surface area (Å²) in [5.41, 5.74) is 5.65. The Balaban J connectivity index is 1.63. The van der Waals surface area contributed by atoms with Crippen LogP contribution in [0.25, 0.3) is 0 Å². The fourth-order valence-corrected chi connectivity index (χ4v) is 2.42. The van der Waals surface area contributed by atoms with Crippen molar-refractivity contribution in [2.24, 2.45) is 11.7 Å². The molecule has 6 heteroatoms. The maximum absolute atomic E-state index is 12.2. The molecular weight excluding hydrogens is 230 g/mol. The summed E-state index contributed by atoms with van der Waals surface area (Å²) in [5, 5.41) is 6.92. The Morgan fingerprint density at radius 3 is 2.67 bits per heavy atom. The smallest absolute Gasteiger partial charge is 0.293 e. The van der Waals surface area contributed by atoms with Crippen LogP contribution in [0, 0.1) is 5.92 Å². The first-order valence-electron chi connectivity index (χ1n) is 6.69. The summed E-state index contributed by atoms with van der Waals surface area (Å²) in [5.74, 6) is 2.21. The molecule has 1 aromatic rings. The van der Waals surface area contributed by atoms with E-state index in [1.807, 2.05) is 4.90 Å². The number of likely N-dealkylation sites (tertiary alicyclic amines) is 1. The van der Waals surface area contributed by atoms with Gasteiger partial charge in [-0.1, -0.05) is 0 Å². The molecule has 3 rings (SSSR count). The first kappa shape index (κ1) is 11.6. The second-order valence-electron chi connectivity index (χ2n) is 5.29. The molecule has 1 saturated heterocycles. The quantitative estimate of drug-likeness (QED) is 0.816. The normalized spacial score (nSPS) is 21.3. The van der Waals surface area contributed by atoms with E-state index in [-0.39, 0.29) is 5.91 Å². The molecule has 98 valence electrons. The summed E-state index contributed by atoms with van der Waals surface area (Å²) >= 11 is 0. The van der Waals surface area contributed by atoms with Crippen LogP contribution in [0.15, 0.2) is 0 Å². The number of nitrogens with two attached hydrogens (primary N) is 1. The van der Waals surface area contributed by atoms with E-state index in [2.05, 4.69) is 15.2 Å². The third-order valence-corrected chi connectivity index (χ3v) is 3.89. The zero-order valence-electron chi connectivity index (χ0n) is 10.4. The van der Waals surface area contributed by atoms with Gasteiger partial charge < -0.3 is 10.6 Å². The molecule has 1 aromatic heterocycles. The van der Waals surface area contributed by atoms with Crippen LogP contribution in [0.1, 0.15) is 48.0 Å². The molecule has 0 aromatic carbocycles. The number of hydrogen-bond donors (Lipinski definition) is 2. The number of piperidine rings is 1. The van der Waals surface area contributed by atoms with E-state index >= 15 is 0 Å². The number of rotatable bonds is 3. The van der Waals surface area contributed by atoms with Gasteiger partial charge in [0.15, 0.2) is 0 Å². The number of carbonyl (C=O) groups excluding carboxylic acids is 1. The number of aromatic nitrogens is 3. The molecule has 1 aliphatic heterocycles. The van der Waals surface area contributed by atoms with Crippen molar-refractivity contribution in [3.63, 3.8) is 0 Å². The van der Waals surface area contributed by atoms with Crippen molar-refractivity contribution in [3.05, 3.63) is 11.6 Å². The Labute approximate surface area is 106 Å². The molecule has 0 atom stereocenters. The molecule has 0 radical (unpaired) electrons. The fraction of sp³-hybridized carbons (Fsp3) is 0.750. The van der Waals surface area contributed by atoms with E-state index in [0.717, 1.165) is 44.6 Å². The third kappa shape index (κ3) is 2.25. The topological polar surface area (TPSA) is 87.9 Å². The lowest BCUT2D eigenvalue weighted by molar-refractivity contribution is 0.0681. The van der Waals surface area contributed by atoms with Gasteiger partial charge in [0.05, 0.1) is 0 Å². The lowest BCUT2D eigenvalue weighted by Crippen LogP contribution is -2.40. The lowest BCUT2D eigenvalue weighted by atomic mass is 9.97. The Morgan fingerprint density at radius 2 is 2.06 bits per heavy atom. The van der Waals surface area contributed by atoms with Gasteiger partial charge in [-0.05, 0) is 38.1 Å². The molecule has 2 aliphatic rings. The fourth-order valence-electron chi connectivity index (χ4n) is 2.42. The highest BCUT2D eigenvalue weighted by atomic mass is 16.2. The van der Waals surface area contributed by atoms with Crippen LogP contribution in [-0.2, 0) is 0 Å². The SMILES string of the molecule is NCC1CCN(C(=O)c2n[nH]c(C3CC3)n2)CC1. The van der Waals surface area contributed by atoms with Gasteiger partial charge in [0.25, 0.3) is 5.91 Å². The second-order valence-corrected chi connectivity index (χ2v) is 5.29. The third-order valence-electron chi connectivity index (χ3n) is 3.89. The maximum atomic E-state index is 12.2. The largest absolute Gasteiger partial charge is 0.336 e. The monoisotopic (exact) mass is 249 g/mol. The van der Waals surface area contributed by atoms with Gasteiger partial charge in [-0.15, -0.1) is 5.10 Å². The predicted octanol–water partition coefficient (Wildman–Crippen LogP) is 0.493. The number of nitrogens with one attached hydrogen (secondary N) is 1. The molecule has 1 saturated carbocycles. The van der Waals surface area contributed by atoms with Gasteiger partial charge in [-0.3, -0.25) is 9.89 Å². The first-order valence-corrected chi connectivity index (χ1v) is 6.69. The number of nitrogens with zero attached hydrogens (tertiary/aromatic N) is 3. The molecule has 18 heavy (non-hydrogen) atoms. The van der Waals surface area contributed by atoms with Crippen molar-refractivity contribution in [2.45, 2.75) is 31.6 Å². The van der Waals surface area contributed by atoms with Gasteiger partial charge in [-0.25, -0.2) is 4.98 Å². The zero-order valence-corrected chi connectivity index (χ0v) is 10.4. The standard InChI is InChI=1S/C12H19N5O/c13-7-8-3-5-17(6-4-8)12(18)11-14-10(15-16-11)9-1-2-9/h8-9H,1-7,13H2,(H,14,15,16). The Kier molecular flexibility index (Phi) is 3.03. The maximum Gasteiger partial charge on any atom is 0.293 e. The lowest BCUT2D eigenvalue weighted by Gasteiger charge is -2.30. The van der Waals surface area contributed by atoms with Crippen LogP contribution >= 0.6 is 0 Å². The summed E-state index contributed by atoms with van der Waals surface area (Å²) in [6.45, 7) is 2.26. The zero-order chi connectivity index (χ0) is 12.5. The minimum atomic E-state index is -0.0476. The molecule has 1 amide bonds. The minimum Gasteiger partial charge on any atom is -0.336 e. The van der Waals surface area contributed by atoms with Crippen LogP contribution in [-0.4, -0.2) is 45.6 Å². The highest BCUT2D eigenvalue weighted by molar-refractivity contribution is 5.90. The highest BCUT2D eigenvalue weighted by Crippen LogP contribution is 2.37. The number of aromatic amines is 1.